The second-order valence-corrected chi connectivity index (χ2v) is 3.85. The van der Waals surface area contributed by atoms with Crippen LogP contribution in [0.3, 0.4) is 0 Å². The summed E-state index contributed by atoms with van der Waals surface area (Å²) in [5.74, 6) is 0.655. The van der Waals surface area contributed by atoms with Crippen LogP contribution in [-0.2, 0) is 4.74 Å². The van der Waals surface area contributed by atoms with E-state index < -0.39 is 0 Å². The van der Waals surface area contributed by atoms with E-state index in [1.54, 1.807) is 6.20 Å². The highest BCUT2D eigenvalue weighted by molar-refractivity contribution is 14.1. The maximum absolute atomic E-state index is 11.1. The molecule has 0 radical (unpaired) electrons. The molecule has 1 aliphatic rings. The predicted octanol–water partition coefficient (Wildman–Crippen LogP) is 1.64. The summed E-state index contributed by atoms with van der Waals surface area (Å²) in [6.07, 6.45) is 1.41. The number of carbonyl (C=O) groups excluding carboxylic acids is 1. The fourth-order valence-electron chi connectivity index (χ4n) is 1.13. The number of nitrogens with zero attached hydrogens (tertiary/aromatic N) is 2. The molecule has 0 saturated carbocycles. The Labute approximate surface area is 89.0 Å². The zero-order valence-corrected chi connectivity index (χ0v) is 8.89. The summed E-state index contributed by atoms with van der Waals surface area (Å²) in [6.45, 7) is 1.04. The molecule has 0 aliphatic carbocycles. The molecule has 1 saturated heterocycles. The number of carbonyl (C=O) groups is 1. The molecule has 0 atom stereocenters. The van der Waals surface area contributed by atoms with Gasteiger partial charge in [-0.3, -0.25) is 4.90 Å². The van der Waals surface area contributed by atoms with E-state index in [2.05, 4.69) is 27.6 Å². The fourth-order valence-corrected chi connectivity index (χ4v) is 1.45. The van der Waals surface area contributed by atoms with Crippen molar-refractivity contribution in [3.05, 3.63) is 21.9 Å². The maximum Gasteiger partial charge on any atom is 0.415 e. The van der Waals surface area contributed by atoms with Crippen molar-refractivity contribution in [2.75, 3.05) is 18.1 Å². The molecule has 1 fully saturated rings. The predicted molar refractivity (Wildman–Crippen MR) is 55.6 cm³/mol. The van der Waals surface area contributed by atoms with E-state index in [1.165, 1.54) is 4.90 Å². The van der Waals surface area contributed by atoms with Gasteiger partial charge in [0.2, 0.25) is 0 Å². The van der Waals surface area contributed by atoms with Gasteiger partial charge in [0.05, 0.1) is 6.54 Å². The van der Waals surface area contributed by atoms with Gasteiger partial charge in [-0.05, 0) is 34.7 Å². The summed E-state index contributed by atoms with van der Waals surface area (Å²) in [6, 6.07) is 3.73. The van der Waals surface area contributed by atoms with Crippen LogP contribution in [0.1, 0.15) is 0 Å². The van der Waals surface area contributed by atoms with Crippen molar-refractivity contribution in [2.24, 2.45) is 0 Å². The van der Waals surface area contributed by atoms with Gasteiger partial charge >= 0.3 is 6.09 Å². The molecule has 0 bridgehead atoms. The fraction of sp³-hybridized carbons (Fsp3) is 0.250. The smallest absolute Gasteiger partial charge is 0.415 e. The number of anilines is 1. The number of halogens is 1. The largest absolute Gasteiger partial charge is 0.447 e. The van der Waals surface area contributed by atoms with Crippen LogP contribution in [0.2, 0.25) is 0 Å². The van der Waals surface area contributed by atoms with Crippen molar-refractivity contribution in [1.82, 2.24) is 4.98 Å². The zero-order chi connectivity index (χ0) is 9.26. The van der Waals surface area contributed by atoms with Crippen LogP contribution in [0.15, 0.2) is 18.3 Å². The highest BCUT2D eigenvalue weighted by Gasteiger charge is 2.24. The van der Waals surface area contributed by atoms with Gasteiger partial charge in [0.15, 0.2) is 0 Å². The van der Waals surface area contributed by atoms with E-state index in [-0.39, 0.29) is 6.09 Å². The van der Waals surface area contributed by atoms with Crippen molar-refractivity contribution in [2.45, 2.75) is 0 Å². The van der Waals surface area contributed by atoms with Gasteiger partial charge in [0.1, 0.15) is 12.4 Å². The van der Waals surface area contributed by atoms with Gasteiger partial charge in [-0.2, -0.15) is 0 Å². The van der Waals surface area contributed by atoms with Crippen LogP contribution in [0.25, 0.3) is 0 Å². The van der Waals surface area contributed by atoms with Crippen molar-refractivity contribution in [3.63, 3.8) is 0 Å². The van der Waals surface area contributed by atoms with E-state index in [9.17, 15) is 4.79 Å². The number of amides is 1. The summed E-state index contributed by atoms with van der Waals surface area (Å²) in [7, 11) is 0. The molecule has 0 unspecified atom stereocenters. The highest BCUT2D eigenvalue weighted by atomic mass is 127. The Balaban J connectivity index is 2.25. The third kappa shape index (κ3) is 1.74. The summed E-state index contributed by atoms with van der Waals surface area (Å²) in [5, 5.41) is 0. The molecule has 0 N–H and O–H groups in total. The van der Waals surface area contributed by atoms with Gasteiger partial charge in [-0.1, -0.05) is 0 Å². The number of pyridine rings is 1. The SMILES string of the molecule is O=C1OCCN1c1ccc(I)cn1. The summed E-state index contributed by atoms with van der Waals surface area (Å²) >= 11 is 2.17. The topological polar surface area (TPSA) is 42.4 Å². The van der Waals surface area contributed by atoms with E-state index in [0.29, 0.717) is 19.0 Å². The number of aromatic nitrogens is 1. The Kier molecular flexibility index (Phi) is 2.34. The lowest BCUT2D eigenvalue weighted by Gasteiger charge is -2.10. The molecule has 0 spiro atoms. The molecule has 0 aromatic carbocycles. The second-order valence-electron chi connectivity index (χ2n) is 2.60. The molecule has 2 heterocycles. The zero-order valence-electron chi connectivity index (χ0n) is 6.74. The van der Waals surface area contributed by atoms with Crippen molar-refractivity contribution in [3.8, 4) is 0 Å². The Bertz CT molecular complexity index is 325. The number of hydrogen-bond donors (Lipinski definition) is 0. The molecule has 1 aromatic heterocycles. The lowest BCUT2D eigenvalue weighted by Crippen LogP contribution is -2.24. The maximum atomic E-state index is 11.1. The normalized spacial score (nSPS) is 16.1. The van der Waals surface area contributed by atoms with Crippen LogP contribution in [-0.4, -0.2) is 24.2 Å². The molecule has 1 amide bonds. The molecule has 13 heavy (non-hydrogen) atoms. The van der Waals surface area contributed by atoms with E-state index in [4.69, 9.17) is 4.74 Å². The molecule has 68 valence electrons. The minimum absolute atomic E-state index is 0.311. The number of rotatable bonds is 1. The van der Waals surface area contributed by atoms with E-state index >= 15 is 0 Å². The Morgan fingerprint density at radius 1 is 1.54 bits per heavy atom. The molecule has 2 rings (SSSR count). The minimum atomic E-state index is -0.311. The van der Waals surface area contributed by atoms with Crippen molar-refractivity contribution < 1.29 is 9.53 Å². The summed E-state index contributed by atoms with van der Waals surface area (Å²) < 4.78 is 5.85. The third-order valence-corrected chi connectivity index (χ3v) is 2.39. The highest BCUT2D eigenvalue weighted by Crippen LogP contribution is 2.16. The first kappa shape index (κ1) is 8.74. The van der Waals surface area contributed by atoms with Crippen molar-refractivity contribution >= 4 is 34.5 Å². The number of ether oxygens (including phenoxy) is 1. The lowest BCUT2D eigenvalue weighted by molar-refractivity contribution is 0.181. The molecule has 1 aromatic rings. The van der Waals surface area contributed by atoms with Crippen LogP contribution in [0.4, 0.5) is 10.6 Å². The Hall–Kier alpha value is -0.850. The van der Waals surface area contributed by atoms with Gasteiger partial charge < -0.3 is 4.74 Å². The van der Waals surface area contributed by atoms with Crippen molar-refractivity contribution in [1.29, 1.82) is 0 Å². The minimum Gasteiger partial charge on any atom is -0.447 e. The first-order chi connectivity index (χ1) is 6.27. The van der Waals surface area contributed by atoms with E-state index in [1.807, 2.05) is 12.1 Å². The van der Waals surface area contributed by atoms with E-state index in [0.717, 1.165) is 3.57 Å². The number of cyclic esters (lactones) is 1. The number of hydrogen-bond acceptors (Lipinski definition) is 3. The van der Waals surface area contributed by atoms with Crippen LogP contribution in [0, 0.1) is 3.57 Å². The van der Waals surface area contributed by atoms with Gasteiger partial charge in [0.25, 0.3) is 0 Å². The van der Waals surface area contributed by atoms with Crippen LogP contribution < -0.4 is 4.90 Å². The third-order valence-electron chi connectivity index (χ3n) is 1.75. The Morgan fingerprint density at radius 3 is 2.92 bits per heavy atom. The van der Waals surface area contributed by atoms with Gasteiger partial charge in [-0.15, -0.1) is 0 Å². The first-order valence-electron chi connectivity index (χ1n) is 3.83. The lowest BCUT2D eigenvalue weighted by atomic mass is 10.4. The van der Waals surface area contributed by atoms with Crippen LogP contribution in [0.5, 0.6) is 0 Å². The first-order valence-corrected chi connectivity index (χ1v) is 4.91. The molecule has 1 aliphatic heterocycles. The average Bonchev–Trinajstić information content (AvgIpc) is 2.53. The standard InChI is InChI=1S/C8H7IN2O2/c9-6-1-2-7(10-5-6)11-3-4-13-8(11)12/h1-2,5H,3-4H2. The second kappa shape index (κ2) is 3.49. The summed E-state index contributed by atoms with van der Waals surface area (Å²) in [5.41, 5.74) is 0. The van der Waals surface area contributed by atoms with Gasteiger partial charge in [-0.25, -0.2) is 9.78 Å². The molecule has 5 heteroatoms. The van der Waals surface area contributed by atoms with Crippen LogP contribution >= 0.6 is 22.6 Å². The summed E-state index contributed by atoms with van der Waals surface area (Å²) in [4.78, 5) is 16.8. The molecular weight excluding hydrogens is 283 g/mol. The quantitative estimate of drug-likeness (QED) is 0.738. The Morgan fingerprint density at radius 2 is 2.38 bits per heavy atom. The molecule has 4 nitrogen and oxygen atoms in total. The van der Waals surface area contributed by atoms with Gasteiger partial charge in [0, 0.05) is 9.77 Å². The monoisotopic (exact) mass is 290 g/mol. The average molecular weight is 290 g/mol. The molecular formula is C8H7IN2O2.